The first-order valence-corrected chi connectivity index (χ1v) is 11.2. The second-order valence-corrected chi connectivity index (χ2v) is 10.8. The van der Waals surface area contributed by atoms with Crippen LogP contribution in [0, 0.1) is 0 Å². The molecule has 2 fully saturated rings. The molecular weight excluding hydrogens is 366 g/mol. The van der Waals surface area contributed by atoms with Crippen molar-refractivity contribution in [1.29, 1.82) is 0 Å². The zero-order chi connectivity index (χ0) is 19.9. The Labute approximate surface area is 162 Å². The number of hydrogen-bond acceptors (Lipinski definition) is 5. The fraction of sp³-hybridized carbons (Fsp3) is 0.700. The number of ether oxygens (including phenoxy) is 1. The molecule has 0 unspecified atom stereocenters. The summed E-state index contributed by atoms with van der Waals surface area (Å²) in [6.45, 7) is 4.91. The number of rotatable bonds is 5. The van der Waals surface area contributed by atoms with Crippen LogP contribution in [0.5, 0.6) is 0 Å². The zero-order valence-electron chi connectivity index (χ0n) is 16.3. The lowest BCUT2D eigenvalue weighted by Crippen LogP contribution is -2.59. The molecule has 6 nitrogen and oxygen atoms in total. The van der Waals surface area contributed by atoms with Gasteiger partial charge in [0.15, 0.2) is 0 Å². The summed E-state index contributed by atoms with van der Waals surface area (Å²) in [5.74, 6) is 0.132. The minimum Gasteiger partial charge on any atom is -0.393 e. The predicted octanol–water partition coefficient (Wildman–Crippen LogP) is 1.92. The van der Waals surface area contributed by atoms with Gasteiger partial charge in [-0.25, -0.2) is 13.1 Å². The lowest BCUT2D eigenvalue weighted by molar-refractivity contribution is -0.230. The van der Waals surface area contributed by atoms with Crippen LogP contribution in [0.15, 0.2) is 30.3 Å². The standard InChI is InChI=1S/C20H31NO5S/c1-14(2)27(24,25)21-17-9-10-20(13-22)12-16(15-7-5-4-6-8-15)11-19(3,26-20)18(17)23/h4-8,14,16-18,21-23H,9-13H2,1-3H3/t16-,17-,18+,19+,20+/m1/s1. The van der Waals surface area contributed by atoms with Crippen LogP contribution in [0.3, 0.4) is 0 Å². The highest BCUT2D eigenvalue weighted by molar-refractivity contribution is 7.90. The quantitative estimate of drug-likeness (QED) is 0.705. The third-order valence-electron chi connectivity index (χ3n) is 6.13. The molecule has 0 spiro atoms. The van der Waals surface area contributed by atoms with Crippen LogP contribution in [-0.4, -0.2) is 53.8 Å². The Hall–Kier alpha value is -0.990. The summed E-state index contributed by atoms with van der Waals surface area (Å²) in [6.07, 6.45) is 1.14. The van der Waals surface area contributed by atoms with Crippen LogP contribution >= 0.6 is 0 Å². The molecule has 0 aromatic heterocycles. The zero-order valence-corrected chi connectivity index (χ0v) is 17.1. The summed E-state index contributed by atoms with van der Waals surface area (Å²) in [5, 5.41) is 20.7. The lowest BCUT2D eigenvalue weighted by Gasteiger charge is -2.49. The van der Waals surface area contributed by atoms with Gasteiger partial charge in [0.25, 0.3) is 0 Å². The van der Waals surface area contributed by atoms with Crippen LogP contribution < -0.4 is 4.72 Å². The molecule has 7 heteroatoms. The molecule has 3 N–H and O–H groups in total. The SMILES string of the molecule is CC(C)S(=O)(=O)N[C@@H]1CC[C@@]2(CO)C[C@H](c3ccccc3)C[C@](C)(O2)[C@H]1O. The number of sulfonamides is 1. The molecule has 27 heavy (non-hydrogen) atoms. The Bertz CT molecular complexity index is 753. The van der Waals surface area contributed by atoms with Gasteiger partial charge in [0, 0.05) is 0 Å². The molecule has 2 aliphatic heterocycles. The van der Waals surface area contributed by atoms with Crippen molar-refractivity contribution >= 4 is 10.0 Å². The number of nitrogens with one attached hydrogen (secondary N) is 1. The molecule has 1 aromatic carbocycles. The van der Waals surface area contributed by atoms with Gasteiger partial charge in [0.1, 0.15) is 0 Å². The smallest absolute Gasteiger partial charge is 0.214 e. The van der Waals surface area contributed by atoms with E-state index in [-0.39, 0.29) is 12.5 Å². The van der Waals surface area contributed by atoms with E-state index >= 15 is 0 Å². The van der Waals surface area contributed by atoms with Crippen molar-refractivity contribution in [2.45, 2.75) is 81.0 Å². The van der Waals surface area contributed by atoms with Gasteiger partial charge < -0.3 is 14.9 Å². The minimum atomic E-state index is -3.52. The molecule has 2 bridgehead atoms. The maximum absolute atomic E-state index is 12.4. The molecule has 2 aliphatic rings. The first kappa shape index (κ1) is 20.7. The van der Waals surface area contributed by atoms with Crippen molar-refractivity contribution in [2.75, 3.05) is 6.61 Å². The van der Waals surface area contributed by atoms with Crippen LogP contribution in [0.25, 0.3) is 0 Å². The Morgan fingerprint density at radius 2 is 1.93 bits per heavy atom. The fourth-order valence-corrected chi connectivity index (χ4v) is 5.47. The van der Waals surface area contributed by atoms with E-state index in [0.717, 1.165) is 5.56 Å². The van der Waals surface area contributed by atoms with E-state index in [0.29, 0.717) is 25.7 Å². The first-order valence-electron chi connectivity index (χ1n) is 9.66. The summed E-state index contributed by atoms with van der Waals surface area (Å²) in [7, 11) is -3.52. The van der Waals surface area contributed by atoms with Crippen molar-refractivity contribution in [3.8, 4) is 0 Å². The van der Waals surface area contributed by atoms with Crippen LogP contribution in [-0.2, 0) is 14.8 Å². The topological polar surface area (TPSA) is 95.9 Å². The Morgan fingerprint density at radius 3 is 2.52 bits per heavy atom. The molecule has 0 aliphatic carbocycles. The maximum Gasteiger partial charge on any atom is 0.214 e. The van der Waals surface area contributed by atoms with Gasteiger partial charge in [0.05, 0.1) is 35.2 Å². The minimum absolute atomic E-state index is 0.132. The number of benzene rings is 1. The van der Waals surface area contributed by atoms with Crippen molar-refractivity contribution in [1.82, 2.24) is 4.72 Å². The van der Waals surface area contributed by atoms with Crippen molar-refractivity contribution in [3.63, 3.8) is 0 Å². The van der Waals surface area contributed by atoms with E-state index in [1.54, 1.807) is 13.8 Å². The molecule has 3 rings (SSSR count). The van der Waals surface area contributed by atoms with Gasteiger partial charge in [0.2, 0.25) is 10.0 Å². The van der Waals surface area contributed by atoms with Crippen LogP contribution in [0.2, 0.25) is 0 Å². The second kappa shape index (κ2) is 7.44. The largest absolute Gasteiger partial charge is 0.393 e. The molecule has 0 amide bonds. The third-order valence-corrected chi connectivity index (χ3v) is 8.01. The first-order chi connectivity index (χ1) is 12.6. The van der Waals surface area contributed by atoms with E-state index < -0.39 is 38.6 Å². The highest BCUT2D eigenvalue weighted by Crippen LogP contribution is 2.49. The van der Waals surface area contributed by atoms with Crippen LogP contribution in [0.4, 0.5) is 0 Å². The number of fused-ring (bicyclic) bond motifs is 2. The highest BCUT2D eigenvalue weighted by Gasteiger charge is 2.55. The van der Waals surface area contributed by atoms with Gasteiger partial charge in [-0.1, -0.05) is 30.3 Å². The van der Waals surface area contributed by atoms with Gasteiger partial charge in [-0.2, -0.15) is 0 Å². The Balaban J connectivity index is 1.93. The number of hydrogen-bond donors (Lipinski definition) is 3. The van der Waals surface area contributed by atoms with Crippen LogP contribution in [0.1, 0.15) is 57.9 Å². The predicted molar refractivity (Wildman–Crippen MR) is 104 cm³/mol. The van der Waals surface area contributed by atoms with Gasteiger partial charge >= 0.3 is 0 Å². The van der Waals surface area contributed by atoms with Crippen molar-refractivity contribution in [3.05, 3.63) is 35.9 Å². The average molecular weight is 398 g/mol. The molecule has 0 saturated carbocycles. The molecule has 2 heterocycles. The van der Waals surface area contributed by atoms with Gasteiger partial charge in [-0.3, -0.25) is 0 Å². The molecule has 0 radical (unpaired) electrons. The monoisotopic (exact) mass is 397 g/mol. The average Bonchev–Trinajstić information content (AvgIpc) is 2.70. The molecule has 2 saturated heterocycles. The second-order valence-electron chi connectivity index (χ2n) is 8.57. The van der Waals surface area contributed by atoms with E-state index in [9.17, 15) is 18.6 Å². The van der Waals surface area contributed by atoms with Crippen molar-refractivity contribution < 1.29 is 23.4 Å². The maximum atomic E-state index is 12.4. The highest BCUT2D eigenvalue weighted by atomic mass is 32.2. The normalized spacial score (nSPS) is 37.2. The molecule has 5 atom stereocenters. The number of aliphatic hydroxyl groups is 2. The third kappa shape index (κ3) is 4.07. The van der Waals surface area contributed by atoms with Crippen molar-refractivity contribution in [2.24, 2.45) is 0 Å². The Kier molecular flexibility index (Phi) is 5.72. The summed E-state index contributed by atoms with van der Waals surface area (Å²) in [4.78, 5) is 0. The summed E-state index contributed by atoms with van der Waals surface area (Å²) in [6, 6.07) is 9.41. The summed E-state index contributed by atoms with van der Waals surface area (Å²) >= 11 is 0. The fourth-order valence-electron chi connectivity index (χ4n) is 4.53. The summed E-state index contributed by atoms with van der Waals surface area (Å²) < 4.78 is 33.7. The van der Waals surface area contributed by atoms with E-state index in [1.807, 2.05) is 25.1 Å². The summed E-state index contributed by atoms with van der Waals surface area (Å²) in [5.41, 5.74) is -0.562. The number of aliphatic hydroxyl groups excluding tert-OH is 2. The Morgan fingerprint density at radius 1 is 1.26 bits per heavy atom. The van der Waals surface area contributed by atoms with E-state index in [4.69, 9.17) is 4.74 Å². The van der Waals surface area contributed by atoms with Gasteiger partial charge in [-0.15, -0.1) is 0 Å². The molecular formula is C20H31NO5S. The molecule has 1 aromatic rings. The van der Waals surface area contributed by atoms with E-state index in [1.165, 1.54) is 0 Å². The van der Waals surface area contributed by atoms with E-state index in [2.05, 4.69) is 16.9 Å². The van der Waals surface area contributed by atoms with Gasteiger partial charge in [-0.05, 0) is 57.9 Å². The molecule has 152 valence electrons. The lowest BCUT2D eigenvalue weighted by atomic mass is 9.74.